The first-order valence-corrected chi connectivity index (χ1v) is 10.0. The van der Waals surface area contributed by atoms with E-state index in [0.29, 0.717) is 0 Å². The first-order chi connectivity index (χ1) is 11.8. The summed E-state index contributed by atoms with van der Waals surface area (Å²) in [5.74, 6) is 0. The topological polar surface area (TPSA) is 49.7 Å². The molecule has 0 spiro atoms. The second-order valence-electron chi connectivity index (χ2n) is 6.56. The standard InChI is InChI=1S/C21H40O3/c1-2-3-4-5-6-7-8-9-10-11-12-13-14-15-16-17-18-24-20-21(23)19-22/h12-13,17-18,21-23H,2-11,14-16,19-20H2,1H3/b13-12-,18-17-. The lowest BCUT2D eigenvalue weighted by molar-refractivity contribution is 0.0383. The van der Waals surface area contributed by atoms with Gasteiger partial charge in [-0.1, -0.05) is 70.4 Å². The van der Waals surface area contributed by atoms with Crippen LogP contribution in [0.4, 0.5) is 0 Å². The molecule has 0 bridgehead atoms. The maximum Gasteiger partial charge on any atom is 0.115 e. The minimum atomic E-state index is -0.779. The number of ether oxygens (including phenoxy) is 1. The molecular formula is C21H40O3. The molecule has 2 N–H and O–H groups in total. The average Bonchev–Trinajstić information content (AvgIpc) is 2.60. The molecule has 0 aliphatic rings. The third-order valence-corrected chi connectivity index (χ3v) is 4.07. The van der Waals surface area contributed by atoms with Gasteiger partial charge in [0.1, 0.15) is 12.7 Å². The Morgan fingerprint density at radius 1 is 0.750 bits per heavy atom. The molecule has 1 unspecified atom stereocenters. The fraction of sp³-hybridized carbons (Fsp3) is 0.810. The molecule has 0 saturated carbocycles. The predicted molar refractivity (Wildman–Crippen MR) is 103 cm³/mol. The summed E-state index contributed by atoms with van der Waals surface area (Å²) in [6.45, 7) is 2.18. The van der Waals surface area contributed by atoms with Gasteiger partial charge in [-0.3, -0.25) is 0 Å². The zero-order valence-electron chi connectivity index (χ0n) is 15.8. The van der Waals surface area contributed by atoms with E-state index in [2.05, 4.69) is 19.1 Å². The van der Waals surface area contributed by atoms with Crippen molar-refractivity contribution in [2.45, 2.75) is 96.5 Å². The lowest BCUT2D eigenvalue weighted by atomic mass is 10.1. The Labute approximate surface area is 149 Å². The molecule has 3 heteroatoms. The lowest BCUT2D eigenvalue weighted by Gasteiger charge is -2.05. The van der Waals surface area contributed by atoms with Crippen molar-refractivity contribution in [3.8, 4) is 0 Å². The molecule has 0 heterocycles. The predicted octanol–water partition coefficient (Wildman–Crippen LogP) is 5.52. The number of aliphatic hydroxyl groups is 2. The Balaban J connectivity index is 3.17. The maximum absolute atomic E-state index is 9.07. The van der Waals surface area contributed by atoms with Crippen LogP contribution in [0.1, 0.15) is 90.4 Å². The summed E-state index contributed by atoms with van der Waals surface area (Å²) >= 11 is 0. The fourth-order valence-electron chi connectivity index (χ4n) is 2.52. The number of hydrogen-bond donors (Lipinski definition) is 2. The molecule has 0 aromatic carbocycles. The number of unbranched alkanes of at least 4 members (excludes halogenated alkanes) is 11. The van der Waals surface area contributed by atoms with E-state index in [0.717, 1.165) is 19.3 Å². The Bertz CT molecular complexity index is 287. The summed E-state index contributed by atoms with van der Waals surface area (Å²) in [5.41, 5.74) is 0. The highest BCUT2D eigenvalue weighted by molar-refractivity contribution is 4.83. The van der Waals surface area contributed by atoms with Crippen molar-refractivity contribution in [2.24, 2.45) is 0 Å². The van der Waals surface area contributed by atoms with E-state index in [-0.39, 0.29) is 13.2 Å². The van der Waals surface area contributed by atoms with Gasteiger partial charge in [-0.05, 0) is 38.2 Å². The van der Waals surface area contributed by atoms with E-state index >= 15 is 0 Å². The summed E-state index contributed by atoms with van der Waals surface area (Å²) in [7, 11) is 0. The van der Waals surface area contributed by atoms with Crippen LogP contribution in [-0.4, -0.2) is 29.5 Å². The Morgan fingerprint density at radius 3 is 1.92 bits per heavy atom. The van der Waals surface area contributed by atoms with Gasteiger partial charge in [0.2, 0.25) is 0 Å². The zero-order valence-corrected chi connectivity index (χ0v) is 15.8. The van der Waals surface area contributed by atoms with Gasteiger partial charge in [0.25, 0.3) is 0 Å². The van der Waals surface area contributed by atoms with Crippen molar-refractivity contribution in [3.05, 3.63) is 24.5 Å². The molecule has 0 amide bonds. The molecular weight excluding hydrogens is 300 g/mol. The Morgan fingerprint density at radius 2 is 1.29 bits per heavy atom. The minimum absolute atomic E-state index is 0.158. The molecule has 0 aromatic rings. The second-order valence-corrected chi connectivity index (χ2v) is 6.56. The van der Waals surface area contributed by atoms with Gasteiger partial charge in [0, 0.05) is 0 Å². The fourth-order valence-corrected chi connectivity index (χ4v) is 2.52. The van der Waals surface area contributed by atoms with Crippen LogP contribution in [0.5, 0.6) is 0 Å². The van der Waals surface area contributed by atoms with E-state index in [1.807, 2.05) is 6.08 Å². The van der Waals surface area contributed by atoms with Crippen LogP contribution >= 0.6 is 0 Å². The van der Waals surface area contributed by atoms with E-state index in [4.69, 9.17) is 14.9 Å². The van der Waals surface area contributed by atoms with Crippen LogP contribution < -0.4 is 0 Å². The second kappa shape index (κ2) is 20.2. The Kier molecular flexibility index (Phi) is 19.6. The molecule has 0 aliphatic carbocycles. The minimum Gasteiger partial charge on any atom is -0.499 e. The molecule has 0 radical (unpaired) electrons. The van der Waals surface area contributed by atoms with Crippen LogP contribution in [0.2, 0.25) is 0 Å². The van der Waals surface area contributed by atoms with Gasteiger partial charge < -0.3 is 14.9 Å². The van der Waals surface area contributed by atoms with Crippen molar-refractivity contribution in [3.63, 3.8) is 0 Å². The summed E-state index contributed by atoms with van der Waals surface area (Å²) in [5, 5.41) is 17.7. The number of aliphatic hydroxyl groups excluding tert-OH is 2. The molecule has 3 nitrogen and oxygen atoms in total. The third-order valence-electron chi connectivity index (χ3n) is 4.07. The first-order valence-electron chi connectivity index (χ1n) is 10.0. The molecule has 0 aliphatic heterocycles. The maximum atomic E-state index is 9.07. The molecule has 142 valence electrons. The van der Waals surface area contributed by atoms with Gasteiger partial charge in [0.05, 0.1) is 12.9 Å². The van der Waals surface area contributed by atoms with Crippen molar-refractivity contribution in [2.75, 3.05) is 13.2 Å². The van der Waals surface area contributed by atoms with Crippen molar-refractivity contribution in [1.82, 2.24) is 0 Å². The van der Waals surface area contributed by atoms with E-state index in [1.165, 1.54) is 64.2 Å². The lowest BCUT2D eigenvalue weighted by Crippen LogP contribution is -2.17. The van der Waals surface area contributed by atoms with Crippen molar-refractivity contribution >= 4 is 0 Å². The van der Waals surface area contributed by atoms with Crippen LogP contribution in [0.15, 0.2) is 24.5 Å². The van der Waals surface area contributed by atoms with Crippen molar-refractivity contribution < 1.29 is 14.9 Å². The third kappa shape index (κ3) is 19.2. The summed E-state index contributed by atoms with van der Waals surface area (Å²) in [4.78, 5) is 0. The largest absolute Gasteiger partial charge is 0.499 e. The van der Waals surface area contributed by atoms with Crippen molar-refractivity contribution in [1.29, 1.82) is 0 Å². The molecule has 1 atom stereocenters. The summed E-state index contributed by atoms with van der Waals surface area (Å²) in [6, 6.07) is 0. The van der Waals surface area contributed by atoms with Crippen LogP contribution in [0.25, 0.3) is 0 Å². The molecule has 0 fully saturated rings. The van der Waals surface area contributed by atoms with Gasteiger partial charge in [-0.25, -0.2) is 0 Å². The highest BCUT2D eigenvalue weighted by Crippen LogP contribution is 2.10. The van der Waals surface area contributed by atoms with Crippen LogP contribution in [0, 0.1) is 0 Å². The highest BCUT2D eigenvalue weighted by atomic mass is 16.5. The summed E-state index contributed by atoms with van der Waals surface area (Å²) in [6.07, 6.45) is 24.4. The van der Waals surface area contributed by atoms with Gasteiger partial charge in [-0.15, -0.1) is 0 Å². The molecule has 0 rings (SSSR count). The molecule has 0 saturated heterocycles. The number of hydrogen-bond acceptors (Lipinski definition) is 3. The SMILES string of the molecule is CCCCCCCCCCC/C=C\CCC/C=C\OCC(O)CO. The average molecular weight is 341 g/mol. The summed E-state index contributed by atoms with van der Waals surface area (Å²) < 4.78 is 5.10. The van der Waals surface area contributed by atoms with E-state index in [9.17, 15) is 0 Å². The quantitative estimate of drug-likeness (QED) is 0.196. The van der Waals surface area contributed by atoms with E-state index in [1.54, 1.807) is 6.26 Å². The normalized spacial score (nSPS) is 13.1. The smallest absolute Gasteiger partial charge is 0.115 e. The van der Waals surface area contributed by atoms with Crippen LogP contribution in [0.3, 0.4) is 0 Å². The van der Waals surface area contributed by atoms with E-state index < -0.39 is 6.10 Å². The Hall–Kier alpha value is -0.800. The first kappa shape index (κ1) is 23.2. The monoisotopic (exact) mass is 340 g/mol. The molecule has 24 heavy (non-hydrogen) atoms. The number of allylic oxidation sites excluding steroid dienone is 3. The number of rotatable bonds is 18. The molecule has 0 aromatic heterocycles. The van der Waals surface area contributed by atoms with Gasteiger partial charge in [0.15, 0.2) is 0 Å². The van der Waals surface area contributed by atoms with Gasteiger partial charge in [-0.2, -0.15) is 0 Å². The zero-order chi connectivity index (χ0) is 17.7. The van der Waals surface area contributed by atoms with Crippen LogP contribution in [-0.2, 0) is 4.74 Å². The van der Waals surface area contributed by atoms with Gasteiger partial charge >= 0.3 is 0 Å². The highest BCUT2D eigenvalue weighted by Gasteiger charge is 1.98.